The number of aryl methyl sites for hydroxylation is 1. The van der Waals surface area contributed by atoms with E-state index in [9.17, 15) is 13.2 Å². The summed E-state index contributed by atoms with van der Waals surface area (Å²) in [5, 5.41) is 3.92. The van der Waals surface area contributed by atoms with Crippen molar-refractivity contribution in [3.8, 4) is 11.4 Å². The summed E-state index contributed by atoms with van der Waals surface area (Å²) in [7, 11) is -0.880. The molecular formula is C20H21N3O5S. The molecule has 8 nitrogen and oxygen atoms in total. The molecule has 29 heavy (non-hydrogen) atoms. The molecule has 0 saturated carbocycles. The van der Waals surface area contributed by atoms with Crippen LogP contribution in [0.1, 0.15) is 27.4 Å². The lowest BCUT2D eigenvalue weighted by atomic mass is 10.1. The molecule has 0 aliphatic rings. The first-order valence-corrected chi connectivity index (χ1v) is 10.4. The molecule has 0 spiro atoms. The Labute approximate surface area is 169 Å². The van der Waals surface area contributed by atoms with Gasteiger partial charge in [-0.3, -0.25) is 0 Å². The van der Waals surface area contributed by atoms with Gasteiger partial charge in [0.2, 0.25) is 21.7 Å². The molecule has 0 saturated heterocycles. The molecule has 2 aromatic carbocycles. The number of benzene rings is 2. The smallest absolute Gasteiger partial charge is 0.337 e. The molecule has 1 heterocycles. The summed E-state index contributed by atoms with van der Waals surface area (Å²) < 4.78 is 36.3. The third-order valence-corrected chi connectivity index (χ3v) is 6.11. The lowest BCUT2D eigenvalue weighted by Gasteiger charge is -2.15. The zero-order chi connectivity index (χ0) is 21.0. The van der Waals surface area contributed by atoms with E-state index in [-0.39, 0.29) is 18.2 Å². The Hall–Kier alpha value is -3.04. The van der Waals surface area contributed by atoms with E-state index in [1.807, 2.05) is 31.2 Å². The first kappa shape index (κ1) is 20.7. The topological polar surface area (TPSA) is 103 Å². The van der Waals surface area contributed by atoms with E-state index in [1.165, 1.54) is 26.3 Å². The van der Waals surface area contributed by atoms with Crippen LogP contribution in [0.2, 0.25) is 0 Å². The Morgan fingerprint density at radius 2 is 1.76 bits per heavy atom. The number of ether oxygens (including phenoxy) is 1. The van der Waals surface area contributed by atoms with Crippen molar-refractivity contribution in [1.29, 1.82) is 0 Å². The lowest BCUT2D eigenvalue weighted by molar-refractivity contribution is 0.0600. The van der Waals surface area contributed by atoms with Crippen LogP contribution >= 0.6 is 0 Å². The second-order valence-electron chi connectivity index (χ2n) is 6.58. The summed E-state index contributed by atoms with van der Waals surface area (Å²) in [6.07, 6.45) is 0. The monoisotopic (exact) mass is 415 g/mol. The molecule has 1 aromatic heterocycles. The average Bonchev–Trinajstić information content (AvgIpc) is 3.16. The van der Waals surface area contributed by atoms with E-state index in [2.05, 4.69) is 14.9 Å². The predicted molar refractivity (Wildman–Crippen MR) is 106 cm³/mol. The molecule has 0 bridgehead atoms. The fourth-order valence-corrected chi connectivity index (χ4v) is 3.74. The number of hydrogen-bond acceptors (Lipinski definition) is 7. The molecule has 0 amide bonds. The van der Waals surface area contributed by atoms with Gasteiger partial charge < -0.3 is 9.26 Å². The lowest BCUT2D eigenvalue weighted by Crippen LogP contribution is -2.27. The van der Waals surface area contributed by atoms with Gasteiger partial charge in [0, 0.05) is 12.6 Å². The highest BCUT2D eigenvalue weighted by molar-refractivity contribution is 7.88. The number of aromatic nitrogens is 2. The van der Waals surface area contributed by atoms with Crippen LogP contribution in [0.3, 0.4) is 0 Å². The second kappa shape index (κ2) is 8.54. The summed E-state index contributed by atoms with van der Waals surface area (Å²) in [5.41, 5.74) is 2.82. The highest BCUT2D eigenvalue weighted by atomic mass is 32.2. The molecular weight excluding hydrogens is 394 g/mol. The van der Waals surface area contributed by atoms with Gasteiger partial charge in [0.25, 0.3) is 0 Å². The van der Waals surface area contributed by atoms with Crippen LogP contribution < -0.4 is 0 Å². The minimum atomic E-state index is -3.62. The number of rotatable bonds is 7. The average molecular weight is 415 g/mol. The van der Waals surface area contributed by atoms with E-state index in [0.717, 1.165) is 15.4 Å². The zero-order valence-corrected chi connectivity index (χ0v) is 17.1. The third-order valence-electron chi connectivity index (χ3n) is 4.33. The van der Waals surface area contributed by atoms with Crippen molar-refractivity contribution in [2.75, 3.05) is 14.2 Å². The first-order chi connectivity index (χ1) is 13.8. The summed E-state index contributed by atoms with van der Waals surface area (Å²) >= 11 is 0. The third kappa shape index (κ3) is 5.07. The number of esters is 1. The Bertz CT molecular complexity index is 1090. The Balaban J connectivity index is 1.67. The Morgan fingerprint density at radius 1 is 1.10 bits per heavy atom. The maximum Gasteiger partial charge on any atom is 0.337 e. The van der Waals surface area contributed by atoms with Crippen molar-refractivity contribution in [1.82, 2.24) is 14.4 Å². The number of hydrogen-bond donors (Lipinski definition) is 0. The SMILES string of the molecule is COC(=O)c1ccc(CS(=O)(=O)N(C)Cc2nc(-c3ccc(C)cc3)no2)cc1. The molecule has 152 valence electrons. The second-order valence-corrected chi connectivity index (χ2v) is 8.65. The normalized spacial score (nSPS) is 11.6. The molecule has 0 atom stereocenters. The van der Waals surface area contributed by atoms with Crippen molar-refractivity contribution in [3.05, 3.63) is 71.1 Å². The molecule has 0 fully saturated rings. The number of carbonyl (C=O) groups is 1. The predicted octanol–water partition coefficient (Wildman–Crippen LogP) is 2.79. The Morgan fingerprint density at radius 3 is 2.38 bits per heavy atom. The van der Waals surface area contributed by atoms with Gasteiger partial charge in [0.05, 0.1) is 25.0 Å². The van der Waals surface area contributed by atoms with Gasteiger partial charge in [-0.05, 0) is 24.6 Å². The summed E-state index contributed by atoms with van der Waals surface area (Å²) in [6.45, 7) is 1.94. The van der Waals surface area contributed by atoms with Gasteiger partial charge >= 0.3 is 5.97 Å². The van der Waals surface area contributed by atoms with Gasteiger partial charge in [0.15, 0.2) is 0 Å². The fourth-order valence-electron chi connectivity index (χ4n) is 2.60. The van der Waals surface area contributed by atoms with E-state index >= 15 is 0 Å². The van der Waals surface area contributed by atoms with Crippen molar-refractivity contribution in [2.24, 2.45) is 0 Å². The largest absolute Gasteiger partial charge is 0.465 e. The van der Waals surface area contributed by atoms with Crippen molar-refractivity contribution >= 4 is 16.0 Å². The van der Waals surface area contributed by atoms with Crippen LogP contribution in [0, 0.1) is 6.92 Å². The van der Waals surface area contributed by atoms with Crippen LogP contribution in [-0.2, 0) is 27.1 Å². The van der Waals surface area contributed by atoms with E-state index in [1.54, 1.807) is 12.1 Å². The van der Waals surface area contributed by atoms with Gasteiger partial charge in [0.1, 0.15) is 0 Å². The van der Waals surface area contributed by atoms with Crippen LogP contribution in [0.15, 0.2) is 53.1 Å². The molecule has 0 N–H and O–H groups in total. The van der Waals surface area contributed by atoms with Crippen LogP contribution in [0.25, 0.3) is 11.4 Å². The molecule has 9 heteroatoms. The van der Waals surface area contributed by atoms with Crippen LogP contribution in [0.4, 0.5) is 0 Å². The molecule has 0 aliphatic heterocycles. The zero-order valence-electron chi connectivity index (χ0n) is 16.3. The minimum absolute atomic E-state index is 0.0402. The minimum Gasteiger partial charge on any atom is -0.465 e. The molecule has 0 radical (unpaired) electrons. The molecule has 0 unspecified atom stereocenters. The van der Waals surface area contributed by atoms with Gasteiger partial charge in [-0.2, -0.15) is 9.29 Å². The summed E-state index contributed by atoms with van der Waals surface area (Å²) in [5.74, 6) is -0.0848. The molecule has 0 aliphatic carbocycles. The van der Waals surface area contributed by atoms with Crippen molar-refractivity contribution in [2.45, 2.75) is 19.2 Å². The van der Waals surface area contributed by atoms with E-state index < -0.39 is 16.0 Å². The summed E-state index contributed by atoms with van der Waals surface area (Å²) in [6, 6.07) is 13.9. The number of methoxy groups -OCH3 is 1. The van der Waals surface area contributed by atoms with Gasteiger partial charge in [-0.1, -0.05) is 47.1 Å². The number of nitrogens with zero attached hydrogens (tertiary/aromatic N) is 3. The number of carbonyl (C=O) groups excluding carboxylic acids is 1. The number of sulfonamides is 1. The van der Waals surface area contributed by atoms with Crippen molar-refractivity contribution in [3.63, 3.8) is 0 Å². The Kier molecular flexibility index (Phi) is 6.09. The van der Waals surface area contributed by atoms with E-state index in [4.69, 9.17) is 4.52 Å². The quantitative estimate of drug-likeness (QED) is 0.547. The van der Waals surface area contributed by atoms with Gasteiger partial charge in [-0.15, -0.1) is 0 Å². The maximum absolute atomic E-state index is 12.6. The fraction of sp³-hybridized carbons (Fsp3) is 0.250. The highest BCUT2D eigenvalue weighted by Crippen LogP contribution is 2.18. The van der Waals surface area contributed by atoms with Crippen molar-refractivity contribution < 1.29 is 22.5 Å². The van der Waals surface area contributed by atoms with Gasteiger partial charge in [-0.25, -0.2) is 13.2 Å². The summed E-state index contributed by atoms with van der Waals surface area (Å²) in [4.78, 5) is 15.7. The highest BCUT2D eigenvalue weighted by Gasteiger charge is 2.22. The molecule has 3 aromatic rings. The van der Waals surface area contributed by atoms with Crippen LogP contribution in [0.5, 0.6) is 0 Å². The first-order valence-electron chi connectivity index (χ1n) is 8.79. The van der Waals surface area contributed by atoms with Crippen LogP contribution in [-0.4, -0.2) is 43.0 Å². The molecule has 3 rings (SSSR count). The maximum atomic E-state index is 12.6. The van der Waals surface area contributed by atoms with E-state index in [0.29, 0.717) is 17.0 Å². The standard InChI is InChI=1S/C20H21N3O5S/c1-14-4-8-16(9-5-14)19-21-18(28-22-19)12-23(2)29(25,26)13-15-6-10-17(11-7-15)20(24)27-3/h4-11H,12-13H2,1-3H3.